The van der Waals surface area contributed by atoms with Crippen LogP contribution in [0.2, 0.25) is 0 Å². The maximum atomic E-state index is 5.76. The quantitative estimate of drug-likeness (QED) is 0.481. The van der Waals surface area contributed by atoms with Crippen molar-refractivity contribution in [2.24, 2.45) is 5.73 Å². The summed E-state index contributed by atoms with van der Waals surface area (Å²) in [4.78, 5) is 0. The van der Waals surface area contributed by atoms with Crippen molar-refractivity contribution in [1.82, 2.24) is 5.32 Å². The zero-order chi connectivity index (χ0) is 8.86. The number of hydrogen-bond acceptors (Lipinski definition) is 2. The van der Waals surface area contributed by atoms with Gasteiger partial charge in [-0.25, -0.2) is 0 Å². The van der Waals surface area contributed by atoms with Gasteiger partial charge in [0.25, 0.3) is 0 Å². The lowest BCUT2D eigenvalue weighted by Crippen LogP contribution is -2.49. The highest BCUT2D eigenvalue weighted by Gasteiger charge is 2.30. The molecule has 0 atom stereocenters. The lowest BCUT2D eigenvalue weighted by molar-refractivity contribution is 0.344. The van der Waals surface area contributed by atoms with Gasteiger partial charge in [0.05, 0.1) is 0 Å². The summed E-state index contributed by atoms with van der Waals surface area (Å²) in [6.07, 6.45) is 8.16. The van der Waals surface area contributed by atoms with Crippen LogP contribution >= 0.6 is 0 Å². The second-order valence-electron chi connectivity index (χ2n) is 3.70. The third kappa shape index (κ3) is 2.32. The predicted octanol–water partition coefficient (Wildman–Crippen LogP) is 1.42. The fourth-order valence-corrected chi connectivity index (χ4v) is 1.94. The van der Waals surface area contributed by atoms with E-state index in [2.05, 4.69) is 11.9 Å². The van der Waals surface area contributed by atoms with Crippen molar-refractivity contribution < 1.29 is 0 Å². The first-order valence-electron chi connectivity index (χ1n) is 4.89. The first-order chi connectivity index (χ1) is 5.83. The Labute approximate surface area is 75.2 Å². The largest absolute Gasteiger partial charge is 0.329 e. The van der Waals surface area contributed by atoms with Crippen LogP contribution in [0.15, 0.2) is 12.7 Å². The molecular weight excluding hydrogens is 148 g/mol. The molecule has 0 aliphatic heterocycles. The summed E-state index contributed by atoms with van der Waals surface area (Å²) in [7, 11) is 0. The molecule has 0 aromatic rings. The molecule has 1 rings (SSSR count). The fourth-order valence-electron chi connectivity index (χ4n) is 1.94. The number of nitrogens with one attached hydrogen (secondary N) is 1. The molecule has 0 spiro atoms. The molecule has 70 valence electrons. The van der Waals surface area contributed by atoms with Crippen molar-refractivity contribution in [1.29, 1.82) is 0 Å². The van der Waals surface area contributed by atoms with E-state index in [0.717, 1.165) is 19.5 Å². The Kier molecular flexibility index (Phi) is 3.76. The number of rotatable bonds is 5. The van der Waals surface area contributed by atoms with Gasteiger partial charge in [0, 0.05) is 12.1 Å². The van der Waals surface area contributed by atoms with Crippen molar-refractivity contribution in [2.45, 2.75) is 37.6 Å². The van der Waals surface area contributed by atoms with E-state index in [-0.39, 0.29) is 5.54 Å². The normalized spacial score (nSPS) is 21.1. The van der Waals surface area contributed by atoms with Crippen molar-refractivity contribution in [3.05, 3.63) is 12.7 Å². The SMILES string of the molecule is C=CCCNC1(CN)CCCC1. The third-order valence-electron chi connectivity index (χ3n) is 2.80. The first-order valence-corrected chi connectivity index (χ1v) is 4.89. The van der Waals surface area contributed by atoms with Gasteiger partial charge in [-0.05, 0) is 25.8 Å². The van der Waals surface area contributed by atoms with Crippen LogP contribution in [0.4, 0.5) is 0 Å². The van der Waals surface area contributed by atoms with Crippen molar-refractivity contribution in [3.8, 4) is 0 Å². The monoisotopic (exact) mass is 168 g/mol. The molecule has 0 heterocycles. The van der Waals surface area contributed by atoms with E-state index in [1.165, 1.54) is 25.7 Å². The lowest BCUT2D eigenvalue weighted by atomic mass is 9.98. The van der Waals surface area contributed by atoms with Gasteiger partial charge in [-0.15, -0.1) is 6.58 Å². The van der Waals surface area contributed by atoms with Gasteiger partial charge in [0.1, 0.15) is 0 Å². The van der Waals surface area contributed by atoms with Crippen molar-refractivity contribution in [3.63, 3.8) is 0 Å². The molecule has 1 aliphatic rings. The Balaban J connectivity index is 2.28. The smallest absolute Gasteiger partial charge is 0.0304 e. The van der Waals surface area contributed by atoms with Crippen LogP contribution in [0.25, 0.3) is 0 Å². The van der Waals surface area contributed by atoms with Crippen LogP contribution < -0.4 is 11.1 Å². The molecule has 3 N–H and O–H groups in total. The van der Waals surface area contributed by atoms with Crippen LogP contribution in [0.3, 0.4) is 0 Å². The van der Waals surface area contributed by atoms with E-state index in [4.69, 9.17) is 5.73 Å². The van der Waals surface area contributed by atoms with E-state index in [0.29, 0.717) is 0 Å². The van der Waals surface area contributed by atoms with E-state index >= 15 is 0 Å². The molecule has 1 saturated carbocycles. The predicted molar refractivity (Wildman–Crippen MR) is 53.1 cm³/mol. The Morgan fingerprint density at radius 3 is 2.58 bits per heavy atom. The zero-order valence-corrected chi connectivity index (χ0v) is 7.81. The summed E-state index contributed by atoms with van der Waals surface area (Å²) < 4.78 is 0. The molecule has 1 aliphatic carbocycles. The van der Waals surface area contributed by atoms with Crippen LogP contribution in [-0.2, 0) is 0 Å². The minimum atomic E-state index is 0.267. The maximum absolute atomic E-state index is 5.76. The second kappa shape index (κ2) is 4.63. The molecular formula is C10H20N2. The molecule has 2 nitrogen and oxygen atoms in total. The van der Waals surface area contributed by atoms with Crippen LogP contribution in [0, 0.1) is 0 Å². The lowest BCUT2D eigenvalue weighted by Gasteiger charge is -2.28. The summed E-state index contributed by atoms with van der Waals surface area (Å²) in [5.41, 5.74) is 6.03. The van der Waals surface area contributed by atoms with E-state index in [9.17, 15) is 0 Å². The maximum Gasteiger partial charge on any atom is 0.0304 e. The van der Waals surface area contributed by atoms with Gasteiger partial charge in [0.15, 0.2) is 0 Å². The van der Waals surface area contributed by atoms with Gasteiger partial charge >= 0.3 is 0 Å². The van der Waals surface area contributed by atoms with Gasteiger partial charge in [0.2, 0.25) is 0 Å². The van der Waals surface area contributed by atoms with Gasteiger partial charge < -0.3 is 11.1 Å². The fraction of sp³-hybridized carbons (Fsp3) is 0.800. The minimum Gasteiger partial charge on any atom is -0.329 e. The highest BCUT2D eigenvalue weighted by Crippen LogP contribution is 2.28. The van der Waals surface area contributed by atoms with E-state index in [1.54, 1.807) is 0 Å². The highest BCUT2D eigenvalue weighted by atomic mass is 15.0. The minimum absolute atomic E-state index is 0.267. The molecule has 0 aromatic carbocycles. The topological polar surface area (TPSA) is 38.0 Å². The van der Waals surface area contributed by atoms with Crippen molar-refractivity contribution in [2.75, 3.05) is 13.1 Å². The second-order valence-corrected chi connectivity index (χ2v) is 3.70. The third-order valence-corrected chi connectivity index (χ3v) is 2.80. The Morgan fingerprint density at radius 1 is 1.42 bits per heavy atom. The van der Waals surface area contributed by atoms with Gasteiger partial charge in [-0.3, -0.25) is 0 Å². The molecule has 12 heavy (non-hydrogen) atoms. The average Bonchev–Trinajstić information content (AvgIpc) is 2.55. The highest BCUT2D eigenvalue weighted by molar-refractivity contribution is 4.93. The molecule has 1 fully saturated rings. The standard InChI is InChI=1S/C10H20N2/c1-2-3-8-12-10(9-11)6-4-5-7-10/h2,12H,1,3-9,11H2. The molecule has 2 heteroatoms. The van der Waals surface area contributed by atoms with E-state index in [1.807, 2.05) is 6.08 Å². The van der Waals surface area contributed by atoms with Gasteiger partial charge in [-0.2, -0.15) is 0 Å². The number of hydrogen-bond donors (Lipinski definition) is 2. The van der Waals surface area contributed by atoms with E-state index < -0.39 is 0 Å². The Hall–Kier alpha value is -0.340. The summed E-state index contributed by atoms with van der Waals surface area (Å²) in [6.45, 7) is 5.51. The number of nitrogens with two attached hydrogens (primary N) is 1. The van der Waals surface area contributed by atoms with Crippen LogP contribution in [0.1, 0.15) is 32.1 Å². The van der Waals surface area contributed by atoms with Crippen LogP contribution in [-0.4, -0.2) is 18.6 Å². The van der Waals surface area contributed by atoms with Crippen LogP contribution in [0.5, 0.6) is 0 Å². The van der Waals surface area contributed by atoms with Gasteiger partial charge in [-0.1, -0.05) is 18.9 Å². The molecule has 0 bridgehead atoms. The first kappa shape index (κ1) is 9.75. The molecule has 0 radical (unpaired) electrons. The van der Waals surface area contributed by atoms with Crippen molar-refractivity contribution >= 4 is 0 Å². The molecule has 0 saturated heterocycles. The molecule has 0 amide bonds. The zero-order valence-electron chi connectivity index (χ0n) is 7.81. The Bertz CT molecular complexity index is 137. The summed E-state index contributed by atoms with van der Waals surface area (Å²) >= 11 is 0. The molecule has 0 aromatic heterocycles. The Morgan fingerprint density at radius 2 is 2.08 bits per heavy atom. The molecule has 0 unspecified atom stereocenters. The summed E-state index contributed by atoms with van der Waals surface area (Å²) in [5.74, 6) is 0. The summed E-state index contributed by atoms with van der Waals surface area (Å²) in [5, 5.41) is 3.55. The average molecular weight is 168 g/mol. The summed E-state index contributed by atoms with van der Waals surface area (Å²) in [6, 6.07) is 0.